The van der Waals surface area contributed by atoms with E-state index in [0.29, 0.717) is 0 Å². The molecule has 3 atom stereocenters. The van der Waals surface area contributed by atoms with Gasteiger partial charge in [-0.2, -0.15) is 0 Å². The zero-order valence-corrected chi connectivity index (χ0v) is 17.7. The summed E-state index contributed by atoms with van der Waals surface area (Å²) in [7, 11) is -3.76. The molecule has 2 unspecified atom stereocenters. The molecule has 2 rings (SSSR count). The fourth-order valence-corrected chi connectivity index (χ4v) is 4.00. The number of aryl methyl sites for hydroxylation is 1. The van der Waals surface area contributed by atoms with Crippen molar-refractivity contribution in [2.45, 2.75) is 51.4 Å². The van der Waals surface area contributed by atoms with Crippen LogP contribution in [0.4, 0.5) is 5.69 Å². The molecule has 28 heavy (non-hydrogen) atoms. The van der Waals surface area contributed by atoms with Crippen LogP contribution in [-0.4, -0.2) is 56.2 Å². The number of benzene rings is 1. The summed E-state index contributed by atoms with van der Waals surface area (Å²) in [6.07, 6.45) is -1.01. The van der Waals surface area contributed by atoms with Crippen molar-refractivity contribution in [3.8, 4) is 11.8 Å². The molecule has 8 heteroatoms. The largest absolute Gasteiger partial charge is 0.465 e. The van der Waals surface area contributed by atoms with E-state index >= 15 is 0 Å². The van der Waals surface area contributed by atoms with Gasteiger partial charge >= 0.3 is 5.97 Å². The predicted octanol–water partition coefficient (Wildman–Crippen LogP) is 1.60. The Morgan fingerprint density at radius 3 is 2.68 bits per heavy atom. The lowest BCUT2D eigenvalue weighted by molar-refractivity contribution is -0.148. The first kappa shape index (κ1) is 22.2. The summed E-state index contributed by atoms with van der Waals surface area (Å²) in [5, 5.41) is 10.3. The van der Waals surface area contributed by atoms with Gasteiger partial charge in [-0.15, -0.1) is 5.92 Å². The molecule has 1 aliphatic heterocycles. The van der Waals surface area contributed by atoms with Gasteiger partial charge in [0.15, 0.2) is 14.6 Å². The van der Waals surface area contributed by atoms with Crippen LogP contribution in [0.1, 0.15) is 38.3 Å². The number of sulfone groups is 1. The first-order valence-electron chi connectivity index (χ1n) is 9.04. The van der Waals surface area contributed by atoms with Crippen LogP contribution in [0.2, 0.25) is 0 Å². The molecule has 0 aliphatic carbocycles. The summed E-state index contributed by atoms with van der Waals surface area (Å²) < 4.78 is 33.3. The smallest absolute Gasteiger partial charge is 0.327 e. The van der Waals surface area contributed by atoms with Crippen LogP contribution < -0.4 is 4.90 Å². The van der Waals surface area contributed by atoms with E-state index in [1.54, 1.807) is 18.7 Å². The molecule has 0 spiro atoms. The number of hydrogen-bond acceptors (Lipinski definition) is 7. The molecule has 1 N–H and O–H groups in total. The zero-order valence-electron chi connectivity index (χ0n) is 16.9. The summed E-state index contributed by atoms with van der Waals surface area (Å²) in [5.74, 6) is 5.04. The molecule has 1 fully saturated rings. The number of anilines is 1. The number of carbonyl (C=O) groups is 1. The third-order valence-electron chi connectivity index (χ3n) is 4.93. The van der Waals surface area contributed by atoms with E-state index in [-0.39, 0.29) is 19.6 Å². The zero-order chi connectivity index (χ0) is 21.1. The van der Waals surface area contributed by atoms with Gasteiger partial charge in [-0.3, -0.25) is 4.79 Å². The molecule has 1 heterocycles. The van der Waals surface area contributed by atoms with E-state index in [1.165, 1.54) is 6.92 Å². The summed E-state index contributed by atoms with van der Waals surface area (Å²) >= 11 is 0. The molecule has 1 saturated heterocycles. The first-order chi connectivity index (χ1) is 13.0. The Labute approximate surface area is 166 Å². The van der Waals surface area contributed by atoms with Crippen LogP contribution in [0.3, 0.4) is 0 Å². The highest BCUT2D eigenvalue weighted by Gasteiger charge is 2.49. The minimum atomic E-state index is -3.76. The monoisotopic (exact) mass is 409 g/mol. The quantitative estimate of drug-likeness (QED) is 0.563. The second-order valence-electron chi connectivity index (χ2n) is 7.04. The Hall–Kier alpha value is -2.08. The average Bonchev–Trinajstić information content (AvgIpc) is 2.96. The van der Waals surface area contributed by atoms with E-state index in [4.69, 9.17) is 9.47 Å². The Bertz CT molecular complexity index is 901. The number of esters is 1. The molecule has 0 amide bonds. The third-order valence-corrected chi connectivity index (χ3v) is 6.90. The maximum atomic E-state index is 12.3. The van der Waals surface area contributed by atoms with Gasteiger partial charge < -0.3 is 19.5 Å². The van der Waals surface area contributed by atoms with Crippen molar-refractivity contribution in [2.75, 3.05) is 24.3 Å². The van der Waals surface area contributed by atoms with Crippen LogP contribution in [0.15, 0.2) is 18.2 Å². The molecule has 0 aromatic heterocycles. The van der Waals surface area contributed by atoms with Gasteiger partial charge in [-0.25, -0.2) is 8.42 Å². The van der Waals surface area contributed by atoms with Gasteiger partial charge in [0.1, 0.15) is 0 Å². The van der Waals surface area contributed by atoms with E-state index < -0.39 is 33.1 Å². The molecular formula is C20H27NO6S. The van der Waals surface area contributed by atoms with Gasteiger partial charge in [0.25, 0.3) is 0 Å². The number of hydrogen-bond donors (Lipinski definition) is 1. The van der Waals surface area contributed by atoms with E-state index in [1.807, 2.05) is 25.1 Å². The van der Waals surface area contributed by atoms with Crippen molar-refractivity contribution in [2.24, 2.45) is 0 Å². The van der Waals surface area contributed by atoms with Gasteiger partial charge in [0, 0.05) is 30.5 Å². The molecule has 0 saturated carbocycles. The normalized spacial score (nSPS) is 21.6. The van der Waals surface area contributed by atoms with E-state index in [0.717, 1.165) is 23.1 Å². The molecular weight excluding hydrogens is 382 g/mol. The third kappa shape index (κ3) is 4.49. The summed E-state index contributed by atoms with van der Waals surface area (Å²) in [6, 6.07) is 5.57. The SMILES string of the molecule is CC#Cc1ccc(N2C[C@H](CC(C)(C(=O)OCC)S(C)(=O)=O)OC2O)cc1C. The van der Waals surface area contributed by atoms with Crippen molar-refractivity contribution in [1.29, 1.82) is 0 Å². The summed E-state index contributed by atoms with van der Waals surface area (Å²) in [4.78, 5) is 13.9. The lowest BCUT2D eigenvalue weighted by Crippen LogP contribution is -2.47. The molecule has 0 bridgehead atoms. The van der Waals surface area contributed by atoms with Crippen molar-refractivity contribution < 1.29 is 27.8 Å². The Balaban J connectivity index is 2.23. The standard InChI is InChI=1S/C20H27NO6S/c1-6-8-15-9-10-16(11-14(15)3)21-13-17(27-19(21)23)12-20(4,28(5,24)25)18(22)26-7-2/h9-11,17,19,23H,7,12-13H2,1-5H3/t17-,19?,20?/m0/s1. The molecule has 7 nitrogen and oxygen atoms in total. The van der Waals surface area contributed by atoms with Crippen molar-refractivity contribution in [1.82, 2.24) is 0 Å². The Morgan fingerprint density at radius 2 is 2.14 bits per heavy atom. The fourth-order valence-electron chi connectivity index (χ4n) is 3.15. The second kappa shape index (κ2) is 8.52. The van der Waals surface area contributed by atoms with Gasteiger partial charge in [-0.1, -0.05) is 5.92 Å². The lowest BCUT2D eigenvalue weighted by atomic mass is 10.0. The summed E-state index contributed by atoms with van der Waals surface area (Å²) in [5.41, 5.74) is 2.57. The highest BCUT2D eigenvalue weighted by atomic mass is 32.2. The second-order valence-corrected chi connectivity index (χ2v) is 9.48. The van der Waals surface area contributed by atoms with Crippen molar-refractivity contribution in [3.05, 3.63) is 29.3 Å². The number of rotatable bonds is 6. The molecule has 1 aromatic rings. The van der Waals surface area contributed by atoms with Crippen molar-refractivity contribution in [3.63, 3.8) is 0 Å². The molecule has 1 aliphatic rings. The first-order valence-corrected chi connectivity index (χ1v) is 10.9. The van der Waals surface area contributed by atoms with E-state index in [9.17, 15) is 18.3 Å². The number of ether oxygens (including phenoxy) is 2. The number of aliphatic hydroxyl groups is 1. The lowest BCUT2D eigenvalue weighted by Gasteiger charge is -2.27. The Kier molecular flexibility index (Phi) is 6.75. The van der Waals surface area contributed by atoms with Crippen LogP contribution in [0.25, 0.3) is 0 Å². The van der Waals surface area contributed by atoms with Gasteiger partial charge in [0.2, 0.25) is 6.41 Å². The minimum Gasteiger partial charge on any atom is -0.465 e. The number of aliphatic hydroxyl groups excluding tert-OH is 1. The van der Waals surface area contributed by atoms with Crippen LogP contribution in [-0.2, 0) is 24.1 Å². The maximum Gasteiger partial charge on any atom is 0.327 e. The van der Waals surface area contributed by atoms with Crippen LogP contribution in [0.5, 0.6) is 0 Å². The molecule has 1 aromatic carbocycles. The van der Waals surface area contributed by atoms with E-state index in [2.05, 4.69) is 11.8 Å². The average molecular weight is 410 g/mol. The predicted molar refractivity (Wildman–Crippen MR) is 106 cm³/mol. The minimum absolute atomic E-state index is 0.0799. The Morgan fingerprint density at radius 1 is 1.46 bits per heavy atom. The highest BCUT2D eigenvalue weighted by molar-refractivity contribution is 7.92. The van der Waals surface area contributed by atoms with Gasteiger partial charge in [-0.05, 0) is 51.5 Å². The topological polar surface area (TPSA) is 93.1 Å². The maximum absolute atomic E-state index is 12.3. The molecule has 0 radical (unpaired) electrons. The van der Waals surface area contributed by atoms with Crippen molar-refractivity contribution >= 4 is 21.5 Å². The summed E-state index contributed by atoms with van der Waals surface area (Å²) in [6.45, 7) is 6.96. The highest BCUT2D eigenvalue weighted by Crippen LogP contribution is 2.32. The van der Waals surface area contributed by atoms with Crippen LogP contribution in [0, 0.1) is 18.8 Å². The fraction of sp³-hybridized carbons (Fsp3) is 0.550. The number of carbonyl (C=O) groups excluding carboxylic acids is 1. The van der Waals surface area contributed by atoms with Crippen LogP contribution >= 0.6 is 0 Å². The van der Waals surface area contributed by atoms with Gasteiger partial charge in [0.05, 0.1) is 12.7 Å². The molecule has 154 valence electrons. The number of nitrogens with zero attached hydrogens (tertiary/aromatic N) is 1.